The average molecular weight is 318 g/mol. The largest absolute Gasteiger partial charge is 0.325 e. The monoisotopic (exact) mass is 318 g/mol. The van der Waals surface area contributed by atoms with Gasteiger partial charge >= 0.3 is 0 Å². The zero-order valence-corrected chi connectivity index (χ0v) is 13.3. The van der Waals surface area contributed by atoms with Crippen LogP contribution in [0, 0.1) is 6.92 Å². The SMILES string of the molecule is Cc1cc2c(s1)SN(C)C(=O)C2C(=O)Nc1ccccc1. The molecule has 108 valence electrons. The van der Waals surface area contributed by atoms with Crippen LogP contribution in [0.25, 0.3) is 0 Å². The average Bonchev–Trinajstić information content (AvgIpc) is 2.80. The van der Waals surface area contributed by atoms with E-state index in [2.05, 4.69) is 5.32 Å². The summed E-state index contributed by atoms with van der Waals surface area (Å²) < 4.78 is 2.55. The first-order valence-electron chi connectivity index (χ1n) is 6.48. The number of benzene rings is 1. The van der Waals surface area contributed by atoms with Crippen LogP contribution < -0.4 is 5.32 Å². The number of hydrogen-bond donors (Lipinski definition) is 1. The number of rotatable bonds is 2. The van der Waals surface area contributed by atoms with Crippen molar-refractivity contribution in [2.75, 3.05) is 12.4 Å². The van der Waals surface area contributed by atoms with Gasteiger partial charge in [-0.3, -0.25) is 13.9 Å². The number of amides is 2. The maximum absolute atomic E-state index is 12.5. The summed E-state index contributed by atoms with van der Waals surface area (Å²) in [6.45, 7) is 1.99. The molecule has 0 radical (unpaired) electrons. The number of carbonyl (C=O) groups excluding carboxylic acids is 2. The van der Waals surface area contributed by atoms with Crippen LogP contribution in [0.5, 0.6) is 0 Å². The molecule has 0 saturated carbocycles. The molecule has 4 nitrogen and oxygen atoms in total. The standard InChI is InChI=1S/C15H14N2O2S2/c1-9-8-11-12(14(19)17(2)21-15(11)20-9)13(18)16-10-6-4-3-5-7-10/h3-8,12H,1-2H3,(H,16,18). The van der Waals surface area contributed by atoms with E-state index in [4.69, 9.17) is 0 Å². The molecule has 1 atom stereocenters. The lowest BCUT2D eigenvalue weighted by Gasteiger charge is -2.27. The summed E-state index contributed by atoms with van der Waals surface area (Å²) in [6, 6.07) is 11.1. The van der Waals surface area contributed by atoms with Crippen molar-refractivity contribution in [1.29, 1.82) is 0 Å². The van der Waals surface area contributed by atoms with Crippen LogP contribution >= 0.6 is 23.3 Å². The third-order valence-electron chi connectivity index (χ3n) is 3.24. The van der Waals surface area contributed by atoms with Crippen LogP contribution in [0.1, 0.15) is 16.4 Å². The van der Waals surface area contributed by atoms with Gasteiger partial charge in [0.15, 0.2) is 0 Å². The van der Waals surface area contributed by atoms with E-state index < -0.39 is 5.92 Å². The first kappa shape index (κ1) is 14.2. The summed E-state index contributed by atoms with van der Waals surface area (Å²) in [5.74, 6) is -1.23. The molecule has 1 N–H and O–H groups in total. The molecule has 0 spiro atoms. The summed E-state index contributed by atoms with van der Waals surface area (Å²) >= 11 is 3.00. The highest BCUT2D eigenvalue weighted by Gasteiger charge is 2.38. The quantitative estimate of drug-likeness (QED) is 0.683. The van der Waals surface area contributed by atoms with Gasteiger partial charge in [0, 0.05) is 35.1 Å². The number of aryl methyl sites for hydroxylation is 1. The molecule has 1 aromatic carbocycles. The van der Waals surface area contributed by atoms with Gasteiger partial charge < -0.3 is 5.32 Å². The topological polar surface area (TPSA) is 49.4 Å². The maximum atomic E-state index is 12.5. The molecule has 2 heterocycles. The Hall–Kier alpha value is -1.79. The van der Waals surface area contributed by atoms with Crippen molar-refractivity contribution in [2.24, 2.45) is 0 Å². The molecule has 1 aliphatic rings. The smallest absolute Gasteiger partial charge is 0.249 e. The minimum atomic E-state index is -0.767. The number of para-hydroxylation sites is 1. The fourth-order valence-corrected chi connectivity index (χ4v) is 4.64. The van der Waals surface area contributed by atoms with Crippen LogP contribution in [0.3, 0.4) is 0 Å². The summed E-state index contributed by atoms with van der Waals surface area (Å²) in [5, 5.41) is 2.82. The van der Waals surface area contributed by atoms with Crippen molar-refractivity contribution in [3.05, 3.63) is 46.8 Å². The third kappa shape index (κ3) is 2.69. The van der Waals surface area contributed by atoms with Crippen molar-refractivity contribution in [2.45, 2.75) is 17.1 Å². The van der Waals surface area contributed by atoms with Crippen molar-refractivity contribution < 1.29 is 9.59 Å². The number of nitrogens with one attached hydrogen (secondary N) is 1. The fourth-order valence-electron chi connectivity index (χ4n) is 2.26. The molecule has 1 unspecified atom stereocenters. The van der Waals surface area contributed by atoms with Crippen molar-refractivity contribution in [3.8, 4) is 0 Å². The van der Waals surface area contributed by atoms with Crippen LogP contribution in [-0.2, 0) is 9.59 Å². The van der Waals surface area contributed by atoms with Gasteiger partial charge in [-0.1, -0.05) is 18.2 Å². The van der Waals surface area contributed by atoms with Gasteiger partial charge in [-0.25, -0.2) is 0 Å². The number of carbonyl (C=O) groups is 2. The van der Waals surface area contributed by atoms with E-state index in [0.29, 0.717) is 5.69 Å². The Morgan fingerprint density at radius 2 is 2.00 bits per heavy atom. The van der Waals surface area contributed by atoms with Crippen molar-refractivity contribution in [1.82, 2.24) is 4.31 Å². The first-order valence-corrected chi connectivity index (χ1v) is 8.07. The Morgan fingerprint density at radius 1 is 1.29 bits per heavy atom. The Labute approximate surface area is 131 Å². The highest BCUT2D eigenvalue weighted by molar-refractivity contribution is 7.99. The second kappa shape index (κ2) is 5.54. The van der Waals surface area contributed by atoms with E-state index in [1.54, 1.807) is 18.4 Å². The van der Waals surface area contributed by atoms with E-state index in [1.807, 2.05) is 43.3 Å². The van der Waals surface area contributed by atoms with Crippen molar-refractivity contribution >= 4 is 40.8 Å². The van der Waals surface area contributed by atoms with Crippen LogP contribution in [-0.4, -0.2) is 23.2 Å². The molecule has 2 aromatic rings. The molecule has 0 aliphatic carbocycles. The van der Waals surface area contributed by atoms with E-state index >= 15 is 0 Å². The summed E-state index contributed by atoms with van der Waals surface area (Å²) in [7, 11) is 1.70. The zero-order chi connectivity index (χ0) is 15.0. The Bertz CT molecular complexity index is 697. The number of anilines is 1. The number of fused-ring (bicyclic) bond motifs is 1. The lowest BCUT2D eigenvalue weighted by atomic mass is 9.99. The predicted molar refractivity (Wildman–Crippen MR) is 85.5 cm³/mol. The molecule has 2 amide bonds. The van der Waals surface area contributed by atoms with Gasteiger partial charge in [-0.15, -0.1) is 11.3 Å². The highest BCUT2D eigenvalue weighted by Crippen LogP contribution is 2.43. The normalized spacial score (nSPS) is 17.5. The van der Waals surface area contributed by atoms with Gasteiger partial charge in [-0.2, -0.15) is 0 Å². The van der Waals surface area contributed by atoms with Gasteiger partial charge in [0.05, 0.1) is 4.21 Å². The number of hydrogen-bond acceptors (Lipinski definition) is 4. The van der Waals surface area contributed by atoms with Gasteiger partial charge in [-0.05, 0) is 25.1 Å². The van der Waals surface area contributed by atoms with Gasteiger partial charge in [0.2, 0.25) is 11.8 Å². The van der Waals surface area contributed by atoms with E-state index in [0.717, 1.165) is 14.6 Å². The Morgan fingerprint density at radius 3 is 2.71 bits per heavy atom. The molecule has 3 rings (SSSR count). The van der Waals surface area contributed by atoms with Crippen LogP contribution in [0.15, 0.2) is 40.6 Å². The molecular formula is C15H14N2O2S2. The van der Waals surface area contributed by atoms with E-state index in [1.165, 1.54) is 16.3 Å². The van der Waals surface area contributed by atoms with E-state index in [9.17, 15) is 9.59 Å². The first-order chi connectivity index (χ1) is 10.1. The van der Waals surface area contributed by atoms with E-state index in [-0.39, 0.29) is 11.8 Å². The molecule has 1 aromatic heterocycles. The molecule has 0 fully saturated rings. The minimum Gasteiger partial charge on any atom is -0.325 e. The van der Waals surface area contributed by atoms with Gasteiger partial charge in [0.1, 0.15) is 5.92 Å². The molecular weight excluding hydrogens is 304 g/mol. The zero-order valence-electron chi connectivity index (χ0n) is 11.6. The fraction of sp³-hybridized carbons (Fsp3) is 0.200. The van der Waals surface area contributed by atoms with Crippen molar-refractivity contribution in [3.63, 3.8) is 0 Å². The number of likely N-dealkylation sites (N-methyl/N-ethyl adjacent to an activating group) is 1. The number of nitrogens with zero attached hydrogens (tertiary/aromatic N) is 1. The minimum absolute atomic E-state index is 0.182. The third-order valence-corrected chi connectivity index (χ3v) is 5.43. The Kier molecular flexibility index (Phi) is 3.73. The summed E-state index contributed by atoms with van der Waals surface area (Å²) in [4.78, 5) is 26.0. The second-order valence-corrected chi connectivity index (χ2v) is 7.47. The number of thiophene rings is 1. The molecule has 1 aliphatic heterocycles. The Balaban J connectivity index is 1.92. The summed E-state index contributed by atoms with van der Waals surface area (Å²) in [5.41, 5.74) is 1.52. The lowest BCUT2D eigenvalue weighted by molar-refractivity contribution is -0.132. The predicted octanol–water partition coefficient (Wildman–Crippen LogP) is 3.26. The second-order valence-electron chi connectivity index (χ2n) is 4.82. The molecule has 21 heavy (non-hydrogen) atoms. The molecule has 0 bridgehead atoms. The van der Waals surface area contributed by atoms with Crippen LogP contribution in [0.4, 0.5) is 5.69 Å². The lowest BCUT2D eigenvalue weighted by Crippen LogP contribution is -2.37. The van der Waals surface area contributed by atoms with Gasteiger partial charge in [0.25, 0.3) is 0 Å². The highest BCUT2D eigenvalue weighted by atomic mass is 32.2. The molecule has 6 heteroatoms. The summed E-state index contributed by atoms with van der Waals surface area (Å²) in [6.07, 6.45) is 0. The maximum Gasteiger partial charge on any atom is 0.249 e. The molecule has 0 saturated heterocycles. The van der Waals surface area contributed by atoms with Crippen LogP contribution in [0.2, 0.25) is 0 Å².